The van der Waals surface area contributed by atoms with Crippen LogP contribution in [-0.4, -0.2) is 62.7 Å². The lowest BCUT2D eigenvalue weighted by Crippen LogP contribution is -2.37. The topological polar surface area (TPSA) is 120 Å². The smallest absolute Gasteiger partial charge is 0.295 e. The minimum Gasteiger partial charge on any atom is -0.507 e. The average Bonchev–Trinajstić information content (AvgIpc) is 3.45. The first-order valence-corrected chi connectivity index (χ1v) is 11.1. The molecule has 33 heavy (non-hydrogen) atoms. The molecule has 3 heterocycles. The number of carbonyl (C=O) groups is 2. The van der Waals surface area contributed by atoms with Crippen molar-refractivity contribution in [1.82, 2.24) is 14.8 Å². The predicted molar refractivity (Wildman–Crippen MR) is 123 cm³/mol. The standard InChI is InChI=1S/C24H28N4O5/c1-14-15(2)25-16(3)19(14)22(29)20-21(17-7-6-8-18(13-17)28(32)33)27(24(31)23(20)30)12-11-26-9-4-5-10-26/h6-8,13,21,25,29H,4-5,9-12H2,1-3H3/b22-20+. The van der Waals surface area contributed by atoms with E-state index in [-0.39, 0.29) is 17.0 Å². The number of nitro benzene ring substituents is 1. The summed E-state index contributed by atoms with van der Waals surface area (Å²) in [7, 11) is 0. The Morgan fingerprint density at radius 1 is 1.15 bits per heavy atom. The fraction of sp³-hybridized carbons (Fsp3) is 0.417. The number of hydrogen-bond donors (Lipinski definition) is 2. The van der Waals surface area contributed by atoms with Gasteiger partial charge < -0.3 is 19.9 Å². The molecule has 1 aromatic heterocycles. The van der Waals surface area contributed by atoms with Crippen LogP contribution >= 0.6 is 0 Å². The number of aliphatic hydroxyl groups is 1. The summed E-state index contributed by atoms with van der Waals surface area (Å²) in [5.74, 6) is -1.73. The van der Waals surface area contributed by atoms with Gasteiger partial charge in [-0.25, -0.2) is 0 Å². The summed E-state index contributed by atoms with van der Waals surface area (Å²) in [6.45, 7) is 8.25. The summed E-state index contributed by atoms with van der Waals surface area (Å²) in [5, 5.41) is 22.7. The van der Waals surface area contributed by atoms with E-state index in [1.165, 1.54) is 23.1 Å². The number of nitro groups is 1. The number of aromatic amines is 1. The van der Waals surface area contributed by atoms with Crippen molar-refractivity contribution in [2.24, 2.45) is 0 Å². The molecule has 2 aliphatic heterocycles. The normalized spacial score (nSPS) is 20.7. The van der Waals surface area contributed by atoms with Crippen LogP contribution < -0.4 is 0 Å². The first-order chi connectivity index (χ1) is 15.7. The van der Waals surface area contributed by atoms with Crippen molar-refractivity contribution in [3.8, 4) is 0 Å². The fourth-order valence-electron chi connectivity index (χ4n) is 4.92. The highest BCUT2D eigenvalue weighted by Gasteiger charge is 2.46. The number of amides is 1. The number of nitrogens with zero attached hydrogens (tertiary/aromatic N) is 3. The number of likely N-dealkylation sites (tertiary alicyclic amines) is 2. The second kappa shape index (κ2) is 8.82. The molecule has 1 aromatic carbocycles. The van der Waals surface area contributed by atoms with E-state index in [1.807, 2.05) is 13.8 Å². The summed E-state index contributed by atoms with van der Waals surface area (Å²) >= 11 is 0. The number of nitrogens with one attached hydrogen (secondary N) is 1. The van der Waals surface area contributed by atoms with Gasteiger partial charge in [0, 0.05) is 42.2 Å². The average molecular weight is 453 g/mol. The van der Waals surface area contributed by atoms with Crippen LogP contribution in [0, 0.1) is 30.9 Å². The van der Waals surface area contributed by atoms with Gasteiger partial charge in [-0.15, -0.1) is 0 Å². The molecular formula is C24H28N4O5. The fourth-order valence-corrected chi connectivity index (χ4v) is 4.92. The minimum atomic E-state index is -0.901. The van der Waals surface area contributed by atoms with Gasteiger partial charge in [0.05, 0.1) is 16.5 Å². The van der Waals surface area contributed by atoms with Crippen LogP contribution in [0.3, 0.4) is 0 Å². The van der Waals surface area contributed by atoms with Gasteiger partial charge in [-0.3, -0.25) is 19.7 Å². The van der Waals surface area contributed by atoms with Crippen LogP contribution in [0.5, 0.6) is 0 Å². The van der Waals surface area contributed by atoms with E-state index in [4.69, 9.17) is 0 Å². The van der Waals surface area contributed by atoms with Crippen LogP contribution in [-0.2, 0) is 9.59 Å². The van der Waals surface area contributed by atoms with Crippen molar-refractivity contribution in [3.05, 3.63) is 68.0 Å². The molecule has 174 valence electrons. The molecule has 9 nitrogen and oxygen atoms in total. The third-order valence-corrected chi connectivity index (χ3v) is 6.72. The van der Waals surface area contributed by atoms with Gasteiger partial charge in [-0.1, -0.05) is 12.1 Å². The second-order valence-electron chi connectivity index (χ2n) is 8.77. The highest BCUT2D eigenvalue weighted by molar-refractivity contribution is 6.46. The molecule has 0 aliphatic carbocycles. The highest BCUT2D eigenvalue weighted by atomic mass is 16.6. The molecule has 0 spiro atoms. The molecule has 4 rings (SSSR count). The van der Waals surface area contributed by atoms with Crippen molar-refractivity contribution >= 4 is 23.1 Å². The summed E-state index contributed by atoms with van der Waals surface area (Å²) in [6.07, 6.45) is 2.19. The number of ketones is 1. The van der Waals surface area contributed by atoms with Crippen LogP contribution in [0.15, 0.2) is 29.8 Å². The number of benzene rings is 1. The minimum absolute atomic E-state index is 0.0351. The van der Waals surface area contributed by atoms with Crippen molar-refractivity contribution in [2.75, 3.05) is 26.2 Å². The molecule has 0 saturated carbocycles. The van der Waals surface area contributed by atoms with E-state index < -0.39 is 22.7 Å². The zero-order chi connectivity index (χ0) is 23.9. The van der Waals surface area contributed by atoms with Crippen LogP contribution in [0.2, 0.25) is 0 Å². The number of Topliss-reactive ketones (excluding diaryl/α,β-unsaturated/α-hetero) is 1. The Morgan fingerprint density at radius 3 is 2.45 bits per heavy atom. The number of aliphatic hydroxyl groups excluding tert-OH is 1. The molecule has 2 fully saturated rings. The number of H-pyrrole nitrogens is 1. The predicted octanol–water partition coefficient (Wildman–Crippen LogP) is 3.37. The van der Waals surface area contributed by atoms with Crippen molar-refractivity contribution in [2.45, 2.75) is 39.7 Å². The zero-order valence-corrected chi connectivity index (χ0v) is 19.1. The lowest BCUT2D eigenvalue weighted by molar-refractivity contribution is -0.384. The maximum Gasteiger partial charge on any atom is 0.295 e. The Kier molecular flexibility index (Phi) is 6.07. The summed E-state index contributed by atoms with van der Waals surface area (Å²) in [5.41, 5.74) is 3.06. The third kappa shape index (κ3) is 4.04. The number of aromatic nitrogens is 1. The Hall–Kier alpha value is -3.46. The highest BCUT2D eigenvalue weighted by Crippen LogP contribution is 2.41. The van der Waals surface area contributed by atoms with Gasteiger partial charge in [0.25, 0.3) is 17.4 Å². The van der Waals surface area contributed by atoms with Crippen LogP contribution in [0.4, 0.5) is 5.69 Å². The Bertz CT molecular complexity index is 1160. The molecule has 9 heteroatoms. The van der Waals surface area contributed by atoms with Crippen LogP contribution in [0.25, 0.3) is 5.76 Å². The van der Waals surface area contributed by atoms with E-state index in [0.29, 0.717) is 29.9 Å². The van der Waals surface area contributed by atoms with Crippen molar-refractivity contribution in [3.63, 3.8) is 0 Å². The van der Waals surface area contributed by atoms with Gasteiger partial charge in [-0.05, 0) is 57.8 Å². The molecule has 2 N–H and O–H groups in total. The molecule has 0 radical (unpaired) electrons. The van der Waals surface area contributed by atoms with Crippen molar-refractivity contribution < 1.29 is 19.6 Å². The van der Waals surface area contributed by atoms with Gasteiger partial charge in [-0.2, -0.15) is 0 Å². The van der Waals surface area contributed by atoms with Crippen molar-refractivity contribution in [1.29, 1.82) is 0 Å². The Balaban J connectivity index is 1.84. The Labute approximate surface area is 191 Å². The van der Waals surface area contributed by atoms with Gasteiger partial charge in [0.2, 0.25) is 0 Å². The lowest BCUT2D eigenvalue weighted by atomic mass is 9.94. The molecule has 2 aromatic rings. The van der Waals surface area contributed by atoms with E-state index in [2.05, 4.69) is 9.88 Å². The first kappa shape index (κ1) is 22.7. The molecule has 2 saturated heterocycles. The SMILES string of the molecule is Cc1[nH]c(C)c(/C(O)=C2\C(=O)C(=O)N(CCN3CCCC3)C2c2cccc([N+](=O)[O-])c2)c1C. The van der Waals surface area contributed by atoms with E-state index in [9.17, 15) is 24.8 Å². The lowest BCUT2D eigenvalue weighted by Gasteiger charge is -2.27. The van der Waals surface area contributed by atoms with Gasteiger partial charge in [0.1, 0.15) is 5.76 Å². The zero-order valence-electron chi connectivity index (χ0n) is 19.1. The monoisotopic (exact) mass is 452 g/mol. The third-order valence-electron chi connectivity index (χ3n) is 6.72. The molecule has 2 aliphatic rings. The number of carbonyl (C=O) groups excluding carboxylic acids is 2. The van der Waals surface area contributed by atoms with Crippen LogP contribution in [0.1, 0.15) is 47.0 Å². The largest absolute Gasteiger partial charge is 0.507 e. The Morgan fingerprint density at radius 2 is 1.85 bits per heavy atom. The molecule has 1 amide bonds. The molecular weight excluding hydrogens is 424 g/mol. The number of aryl methyl sites for hydroxylation is 2. The number of rotatable bonds is 6. The summed E-state index contributed by atoms with van der Waals surface area (Å²) in [4.78, 5) is 44.0. The maximum atomic E-state index is 13.2. The van der Waals surface area contributed by atoms with Gasteiger partial charge in [0.15, 0.2) is 0 Å². The second-order valence-corrected chi connectivity index (χ2v) is 8.77. The summed E-state index contributed by atoms with van der Waals surface area (Å²) in [6, 6.07) is 5.02. The molecule has 1 atom stereocenters. The van der Waals surface area contributed by atoms with E-state index in [0.717, 1.165) is 37.2 Å². The maximum absolute atomic E-state index is 13.2. The number of hydrogen-bond acceptors (Lipinski definition) is 6. The molecule has 1 unspecified atom stereocenters. The van der Waals surface area contributed by atoms with Gasteiger partial charge >= 0.3 is 0 Å². The molecule has 0 bridgehead atoms. The van der Waals surface area contributed by atoms with E-state index in [1.54, 1.807) is 13.0 Å². The van der Waals surface area contributed by atoms with E-state index >= 15 is 0 Å². The first-order valence-electron chi connectivity index (χ1n) is 11.1. The quantitative estimate of drug-likeness (QED) is 0.228. The number of non-ortho nitro benzene ring substituents is 1. The summed E-state index contributed by atoms with van der Waals surface area (Å²) < 4.78 is 0.